The lowest BCUT2D eigenvalue weighted by atomic mass is 10.1. The Balaban J connectivity index is 2.77. The number of nitrogens with zero attached hydrogens (tertiary/aromatic N) is 2. The van der Waals surface area contributed by atoms with Gasteiger partial charge in [-0.1, -0.05) is 12.8 Å². The Kier molecular flexibility index (Phi) is 5.59. The van der Waals surface area contributed by atoms with E-state index in [4.69, 9.17) is 10.8 Å². The molecule has 0 spiro atoms. The van der Waals surface area contributed by atoms with E-state index in [1.807, 2.05) is 6.92 Å². The Labute approximate surface area is 112 Å². The van der Waals surface area contributed by atoms with Gasteiger partial charge in [0.2, 0.25) is 5.91 Å². The number of hydrogen-bond donors (Lipinski definition) is 2. The molecule has 0 aromatic rings. The van der Waals surface area contributed by atoms with Crippen molar-refractivity contribution in [3.63, 3.8) is 0 Å². The Morgan fingerprint density at radius 1 is 1.26 bits per heavy atom. The second-order valence-corrected chi connectivity index (χ2v) is 4.89. The summed E-state index contributed by atoms with van der Waals surface area (Å²) < 4.78 is 0. The molecule has 0 aromatic carbocycles. The van der Waals surface area contributed by atoms with Crippen molar-refractivity contribution in [3.05, 3.63) is 0 Å². The van der Waals surface area contributed by atoms with Crippen molar-refractivity contribution >= 4 is 17.9 Å². The smallest absolute Gasteiger partial charge is 0.323 e. The topological polar surface area (TPSA) is 104 Å². The van der Waals surface area contributed by atoms with Crippen LogP contribution in [0.3, 0.4) is 0 Å². The molecule has 1 unspecified atom stereocenters. The molecule has 1 atom stereocenters. The molecule has 7 nitrogen and oxygen atoms in total. The van der Waals surface area contributed by atoms with Crippen molar-refractivity contribution in [2.45, 2.75) is 38.6 Å². The van der Waals surface area contributed by atoms with E-state index in [0.717, 1.165) is 30.6 Å². The van der Waals surface area contributed by atoms with E-state index < -0.39 is 24.5 Å². The highest BCUT2D eigenvalue weighted by Gasteiger charge is 2.28. The van der Waals surface area contributed by atoms with Gasteiger partial charge in [-0.05, 0) is 19.8 Å². The van der Waals surface area contributed by atoms with Gasteiger partial charge < -0.3 is 20.6 Å². The molecule has 3 N–H and O–H groups in total. The summed E-state index contributed by atoms with van der Waals surface area (Å²) in [6, 6.07) is -0.366. The fourth-order valence-electron chi connectivity index (χ4n) is 2.28. The molecule has 0 radical (unpaired) electrons. The summed E-state index contributed by atoms with van der Waals surface area (Å²) in [6.07, 6.45) is 3.90. The number of hydrogen-bond acceptors (Lipinski definition) is 3. The molecule has 19 heavy (non-hydrogen) atoms. The average molecular weight is 271 g/mol. The minimum absolute atomic E-state index is 0.0548. The zero-order chi connectivity index (χ0) is 14.4. The summed E-state index contributed by atoms with van der Waals surface area (Å²) in [5, 5.41) is 8.80. The van der Waals surface area contributed by atoms with Crippen LogP contribution in [0.2, 0.25) is 0 Å². The largest absolute Gasteiger partial charge is 0.480 e. The lowest BCUT2D eigenvalue weighted by Crippen LogP contribution is -2.51. The van der Waals surface area contributed by atoms with Crippen LogP contribution in [0.4, 0.5) is 4.79 Å². The summed E-state index contributed by atoms with van der Waals surface area (Å²) in [6.45, 7) is 1.65. The predicted molar refractivity (Wildman–Crippen MR) is 68.4 cm³/mol. The molecule has 108 valence electrons. The van der Waals surface area contributed by atoms with E-state index in [9.17, 15) is 14.4 Å². The van der Waals surface area contributed by atoms with Crippen molar-refractivity contribution in [1.29, 1.82) is 0 Å². The molecule has 0 aromatic heterocycles. The predicted octanol–water partition coefficient (Wildman–Crippen LogP) is 0.243. The zero-order valence-corrected chi connectivity index (χ0v) is 11.2. The van der Waals surface area contributed by atoms with E-state index >= 15 is 0 Å². The molecule has 1 aliphatic rings. The van der Waals surface area contributed by atoms with Crippen LogP contribution in [-0.2, 0) is 9.59 Å². The van der Waals surface area contributed by atoms with Crippen LogP contribution >= 0.6 is 0 Å². The number of carbonyl (C=O) groups is 3. The van der Waals surface area contributed by atoms with Crippen LogP contribution in [-0.4, -0.2) is 58.5 Å². The van der Waals surface area contributed by atoms with Gasteiger partial charge in [0.1, 0.15) is 13.1 Å². The number of nitrogens with two attached hydrogens (primary N) is 1. The molecule has 0 bridgehead atoms. The van der Waals surface area contributed by atoms with Crippen molar-refractivity contribution in [1.82, 2.24) is 9.80 Å². The van der Waals surface area contributed by atoms with Gasteiger partial charge in [0.25, 0.3) is 0 Å². The minimum atomic E-state index is -1.16. The number of carboxylic acid groups (broad SMARTS) is 1. The molecule has 3 amide bonds. The molecule has 1 heterocycles. The van der Waals surface area contributed by atoms with Crippen molar-refractivity contribution in [2.75, 3.05) is 19.6 Å². The first-order chi connectivity index (χ1) is 8.91. The molecule has 1 rings (SSSR count). The first-order valence-electron chi connectivity index (χ1n) is 6.47. The van der Waals surface area contributed by atoms with E-state index in [-0.39, 0.29) is 12.6 Å². The van der Waals surface area contributed by atoms with Gasteiger partial charge in [0.05, 0.1) is 0 Å². The number of urea groups is 1. The number of likely N-dealkylation sites (tertiary alicyclic amines) is 1. The van der Waals surface area contributed by atoms with Gasteiger partial charge in [-0.25, -0.2) is 4.79 Å². The minimum Gasteiger partial charge on any atom is -0.480 e. The van der Waals surface area contributed by atoms with Crippen LogP contribution in [0.15, 0.2) is 0 Å². The molecular formula is C12H21N3O4. The van der Waals surface area contributed by atoms with Crippen LogP contribution in [0, 0.1) is 0 Å². The average Bonchev–Trinajstić information content (AvgIpc) is 2.51. The van der Waals surface area contributed by atoms with E-state index in [0.29, 0.717) is 6.54 Å². The number of carbonyl (C=O) groups excluding carboxylic acids is 2. The normalized spacial score (nSPS) is 19.6. The number of carboxylic acids is 1. The maximum Gasteiger partial charge on any atom is 0.323 e. The Morgan fingerprint density at radius 3 is 2.53 bits per heavy atom. The third kappa shape index (κ3) is 4.76. The molecule has 1 aliphatic heterocycles. The molecule has 0 saturated carbocycles. The lowest BCUT2D eigenvalue weighted by molar-refractivity contribution is -0.138. The monoisotopic (exact) mass is 271 g/mol. The number of aliphatic carboxylic acids is 1. The van der Waals surface area contributed by atoms with Crippen molar-refractivity contribution in [3.8, 4) is 0 Å². The molecular weight excluding hydrogens is 250 g/mol. The second-order valence-electron chi connectivity index (χ2n) is 4.89. The number of primary amides is 1. The van der Waals surface area contributed by atoms with E-state index in [1.54, 1.807) is 4.90 Å². The van der Waals surface area contributed by atoms with Gasteiger partial charge >= 0.3 is 12.0 Å². The molecule has 1 saturated heterocycles. The van der Waals surface area contributed by atoms with Gasteiger partial charge in [-0.2, -0.15) is 0 Å². The third-order valence-electron chi connectivity index (χ3n) is 3.24. The maximum atomic E-state index is 12.3. The molecule has 1 fully saturated rings. The lowest BCUT2D eigenvalue weighted by Gasteiger charge is -2.32. The first kappa shape index (κ1) is 15.3. The van der Waals surface area contributed by atoms with Gasteiger partial charge in [0.15, 0.2) is 0 Å². The van der Waals surface area contributed by atoms with Gasteiger partial charge in [0, 0.05) is 12.6 Å². The Morgan fingerprint density at radius 2 is 1.95 bits per heavy atom. The highest BCUT2D eigenvalue weighted by molar-refractivity contribution is 5.86. The van der Waals surface area contributed by atoms with Crippen LogP contribution in [0.1, 0.15) is 32.6 Å². The number of amides is 3. The number of rotatable bonds is 4. The zero-order valence-electron chi connectivity index (χ0n) is 11.2. The van der Waals surface area contributed by atoms with Gasteiger partial charge in [-0.3, -0.25) is 9.59 Å². The molecule has 0 aliphatic carbocycles. The highest BCUT2D eigenvalue weighted by Crippen LogP contribution is 2.17. The summed E-state index contributed by atoms with van der Waals surface area (Å²) in [5.74, 6) is -1.87. The SMILES string of the molecule is CC1CCCCCN1C(=O)N(CC(N)=O)CC(=O)O. The second kappa shape index (κ2) is 6.96. The summed E-state index contributed by atoms with van der Waals surface area (Å²) in [7, 11) is 0. The standard InChI is InChI=1S/C12H21N3O4/c1-9-5-3-2-4-6-15(9)12(19)14(7-10(13)16)8-11(17)18/h9H,2-8H2,1H3,(H2,13,16)(H,17,18). The fourth-order valence-corrected chi connectivity index (χ4v) is 2.28. The van der Waals surface area contributed by atoms with E-state index in [1.165, 1.54) is 0 Å². The summed E-state index contributed by atoms with van der Waals surface area (Å²) in [5.41, 5.74) is 5.06. The van der Waals surface area contributed by atoms with E-state index in [2.05, 4.69) is 0 Å². The van der Waals surface area contributed by atoms with Crippen LogP contribution in [0.5, 0.6) is 0 Å². The van der Waals surface area contributed by atoms with Crippen molar-refractivity contribution in [2.24, 2.45) is 5.73 Å². The van der Waals surface area contributed by atoms with Crippen molar-refractivity contribution < 1.29 is 19.5 Å². The maximum absolute atomic E-state index is 12.3. The van der Waals surface area contributed by atoms with Crippen LogP contribution < -0.4 is 5.73 Å². The quantitative estimate of drug-likeness (QED) is 0.764. The Hall–Kier alpha value is -1.79. The van der Waals surface area contributed by atoms with Gasteiger partial charge in [-0.15, -0.1) is 0 Å². The molecule has 7 heteroatoms. The highest BCUT2D eigenvalue weighted by atomic mass is 16.4. The summed E-state index contributed by atoms with van der Waals surface area (Å²) >= 11 is 0. The first-order valence-corrected chi connectivity index (χ1v) is 6.47. The summed E-state index contributed by atoms with van der Waals surface area (Å²) in [4.78, 5) is 36.7. The fraction of sp³-hybridized carbons (Fsp3) is 0.750. The Bertz CT molecular complexity index is 343. The third-order valence-corrected chi connectivity index (χ3v) is 3.24. The van der Waals surface area contributed by atoms with Crippen LogP contribution in [0.25, 0.3) is 0 Å².